The first-order valence-corrected chi connectivity index (χ1v) is 12.9. The topological polar surface area (TPSA) is 79.9 Å². The molecule has 1 heterocycles. The maximum atomic E-state index is 13.0. The number of hydrogen-bond donors (Lipinski definition) is 2. The quantitative estimate of drug-likeness (QED) is 0.522. The van der Waals surface area contributed by atoms with Gasteiger partial charge in [-0.05, 0) is 93.7 Å². The second-order valence-electron chi connectivity index (χ2n) is 9.36. The molecule has 0 radical (unpaired) electrons. The van der Waals surface area contributed by atoms with E-state index in [1.165, 1.54) is 19.3 Å². The lowest BCUT2D eigenvalue weighted by Gasteiger charge is -2.26. The first-order chi connectivity index (χ1) is 18.0. The van der Waals surface area contributed by atoms with E-state index in [4.69, 9.17) is 9.47 Å². The first kappa shape index (κ1) is 26.2. The average molecular weight is 502 g/mol. The number of ether oxygens (including phenoxy) is 2. The molecule has 7 nitrogen and oxygen atoms in total. The van der Waals surface area contributed by atoms with Gasteiger partial charge in [0.1, 0.15) is 17.3 Å². The number of aryl methyl sites for hydroxylation is 2. The van der Waals surface area contributed by atoms with Crippen LogP contribution in [0.5, 0.6) is 11.5 Å². The van der Waals surface area contributed by atoms with Crippen molar-refractivity contribution >= 4 is 12.0 Å². The second kappa shape index (κ2) is 12.9. The van der Waals surface area contributed by atoms with E-state index in [0.717, 1.165) is 30.8 Å². The number of nitrogens with zero attached hydrogens (tertiary/aromatic N) is 1. The number of carbonyl (C=O) groups excluding carboxylic acids is 2. The lowest BCUT2D eigenvalue weighted by molar-refractivity contribution is -0.117. The van der Waals surface area contributed by atoms with Crippen LogP contribution < -0.4 is 20.1 Å². The van der Waals surface area contributed by atoms with Gasteiger partial charge in [0.15, 0.2) is 0 Å². The molecule has 2 aromatic rings. The van der Waals surface area contributed by atoms with Crippen LogP contribution in [0.2, 0.25) is 0 Å². The molecule has 2 N–H and O–H groups in total. The summed E-state index contributed by atoms with van der Waals surface area (Å²) in [5.41, 5.74) is 3.07. The third-order valence-electron chi connectivity index (χ3n) is 6.53. The second-order valence-corrected chi connectivity index (χ2v) is 9.36. The first-order valence-electron chi connectivity index (χ1n) is 12.9. The third kappa shape index (κ3) is 7.82. The fourth-order valence-electron chi connectivity index (χ4n) is 4.29. The van der Waals surface area contributed by atoms with Gasteiger partial charge >= 0.3 is 6.09 Å². The maximum absolute atomic E-state index is 13.0. The summed E-state index contributed by atoms with van der Waals surface area (Å²) in [5, 5.41) is 5.79. The highest BCUT2D eigenvalue weighted by Crippen LogP contribution is 2.24. The van der Waals surface area contributed by atoms with Crippen molar-refractivity contribution in [2.24, 2.45) is 0 Å². The van der Waals surface area contributed by atoms with Gasteiger partial charge in [0, 0.05) is 18.7 Å². The lowest BCUT2D eigenvalue weighted by Crippen LogP contribution is -2.38. The number of likely N-dealkylation sites (tertiary alicyclic amines) is 1. The monoisotopic (exact) mass is 501 g/mol. The Balaban J connectivity index is 1.47. The van der Waals surface area contributed by atoms with Crippen LogP contribution in [-0.2, 0) is 4.79 Å². The molecular weight excluding hydrogens is 466 g/mol. The summed E-state index contributed by atoms with van der Waals surface area (Å²) < 4.78 is 11.6. The normalized spacial score (nSPS) is 16.0. The molecule has 0 spiro atoms. The minimum atomic E-state index is -0.668. The predicted octanol–water partition coefficient (Wildman–Crippen LogP) is 5.17. The van der Waals surface area contributed by atoms with E-state index in [1.54, 1.807) is 30.3 Å². The van der Waals surface area contributed by atoms with Gasteiger partial charge in [-0.15, -0.1) is 0 Å². The van der Waals surface area contributed by atoms with Gasteiger partial charge in [-0.2, -0.15) is 0 Å². The van der Waals surface area contributed by atoms with Crippen molar-refractivity contribution in [2.45, 2.75) is 39.5 Å². The molecule has 0 saturated carbocycles. The largest absolute Gasteiger partial charge is 0.456 e. The maximum Gasteiger partial charge on any atom is 0.417 e. The van der Waals surface area contributed by atoms with Crippen molar-refractivity contribution in [3.8, 4) is 11.5 Å². The van der Waals surface area contributed by atoms with Crippen LogP contribution in [0.4, 0.5) is 4.79 Å². The fraction of sp³-hybridized carbons (Fsp3) is 0.333. The number of rotatable bonds is 8. The zero-order valence-electron chi connectivity index (χ0n) is 21.6. The van der Waals surface area contributed by atoms with E-state index >= 15 is 0 Å². The van der Waals surface area contributed by atoms with Crippen molar-refractivity contribution in [3.05, 3.63) is 94.9 Å². The third-order valence-corrected chi connectivity index (χ3v) is 6.53. The molecule has 7 heteroatoms. The molecule has 0 aromatic heterocycles. The number of allylic oxidation sites excluding steroid dienone is 2. The van der Waals surface area contributed by atoms with Gasteiger partial charge < -0.3 is 19.7 Å². The highest BCUT2D eigenvalue weighted by molar-refractivity contribution is 5.96. The molecule has 194 valence electrons. The Kier molecular flexibility index (Phi) is 9.16. The molecule has 1 aliphatic carbocycles. The molecule has 37 heavy (non-hydrogen) atoms. The molecule has 1 aliphatic heterocycles. The number of benzene rings is 2. The standard InChI is InChI=1S/C30H35N3O4/c1-22-14-15-26(20-23(22)2)36-28-13-9-10-24(29(34)31-16-19-33-17-7-4-8-18-33)21-27(28)32-30(35)37-25-11-5-3-6-12-25/h3,5-6,10-15,20-21H,4,7-9,16-19H2,1-2H3,(H,31,34)(H,32,35). The smallest absolute Gasteiger partial charge is 0.417 e. The summed E-state index contributed by atoms with van der Waals surface area (Å²) in [6.45, 7) is 7.62. The average Bonchev–Trinajstić information content (AvgIpc) is 3.09. The molecule has 2 amide bonds. The number of carbonyl (C=O) groups is 2. The highest BCUT2D eigenvalue weighted by atomic mass is 16.6. The number of piperidine rings is 1. The number of para-hydroxylation sites is 1. The van der Waals surface area contributed by atoms with Crippen molar-refractivity contribution < 1.29 is 19.1 Å². The Morgan fingerprint density at radius 3 is 2.46 bits per heavy atom. The Hall–Kier alpha value is -3.84. The summed E-state index contributed by atoms with van der Waals surface area (Å²) >= 11 is 0. The molecule has 0 atom stereocenters. The van der Waals surface area contributed by atoms with Crippen molar-refractivity contribution in [2.75, 3.05) is 26.2 Å². The van der Waals surface area contributed by atoms with Crippen molar-refractivity contribution in [1.29, 1.82) is 0 Å². The summed E-state index contributed by atoms with van der Waals surface area (Å²) in [5.74, 6) is 1.32. The number of hydrogen-bond acceptors (Lipinski definition) is 5. The van der Waals surface area contributed by atoms with Crippen molar-refractivity contribution in [3.63, 3.8) is 0 Å². The Morgan fingerprint density at radius 2 is 1.70 bits per heavy atom. The minimum Gasteiger partial charge on any atom is -0.456 e. The molecule has 1 fully saturated rings. The van der Waals surface area contributed by atoms with Crippen LogP contribution in [0.1, 0.15) is 36.8 Å². The molecule has 2 aliphatic rings. The molecule has 4 rings (SSSR count). The van der Waals surface area contributed by atoms with E-state index in [-0.39, 0.29) is 5.91 Å². The predicted molar refractivity (Wildman–Crippen MR) is 144 cm³/mol. The van der Waals surface area contributed by atoms with Gasteiger partial charge in [-0.25, -0.2) is 4.79 Å². The molecule has 0 unspecified atom stereocenters. The summed E-state index contributed by atoms with van der Waals surface area (Å²) in [4.78, 5) is 28.1. The van der Waals surface area contributed by atoms with Crippen LogP contribution >= 0.6 is 0 Å². The van der Waals surface area contributed by atoms with Crippen LogP contribution in [0.3, 0.4) is 0 Å². The summed E-state index contributed by atoms with van der Waals surface area (Å²) in [7, 11) is 0. The van der Waals surface area contributed by atoms with E-state index < -0.39 is 6.09 Å². The van der Waals surface area contributed by atoms with Gasteiger partial charge in [0.25, 0.3) is 5.91 Å². The highest BCUT2D eigenvalue weighted by Gasteiger charge is 2.19. The zero-order chi connectivity index (χ0) is 26.0. The van der Waals surface area contributed by atoms with Crippen LogP contribution in [0, 0.1) is 13.8 Å². The minimum absolute atomic E-state index is 0.187. The van der Waals surface area contributed by atoms with E-state index in [9.17, 15) is 9.59 Å². The molecule has 1 saturated heterocycles. The lowest BCUT2D eigenvalue weighted by atomic mass is 10.1. The summed E-state index contributed by atoms with van der Waals surface area (Å²) in [6, 6.07) is 14.6. The van der Waals surface area contributed by atoms with E-state index in [2.05, 4.69) is 15.5 Å². The van der Waals surface area contributed by atoms with Gasteiger partial charge in [-0.3, -0.25) is 10.1 Å². The Bertz CT molecular complexity index is 1190. The van der Waals surface area contributed by atoms with E-state index in [0.29, 0.717) is 41.5 Å². The number of amides is 2. The van der Waals surface area contributed by atoms with Crippen LogP contribution in [0.25, 0.3) is 0 Å². The molecule has 2 aromatic carbocycles. The summed E-state index contributed by atoms with van der Waals surface area (Å²) in [6.07, 6.45) is 8.83. The molecule has 0 bridgehead atoms. The zero-order valence-corrected chi connectivity index (χ0v) is 21.6. The van der Waals surface area contributed by atoms with Gasteiger partial charge in [-0.1, -0.05) is 36.8 Å². The van der Waals surface area contributed by atoms with Crippen LogP contribution in [0.15, 0.2) is 83.8 Å². The fourth-order valence-corrected chi connectivity index (χ4v) is 4.29. The van der Waals surface area contributed by atoms with Gasteiger partial charge in [0.05, 0.1) is 5.70 Å². The van der Waals surface area contributed by atoms with Gasteiger partial charge in [0.2, 0.25) is 0 Å². The molecular formula is C30H35N3O4. The van der Waals surface area contributed by atoms with Crippen LogP contribution in [-0.4, -0.2) is 43.1 Å². The Morgan fingerprint density at radius 1 is 0.919 bits per heavy atom. The SMILES string of the molecule is Cc1ccc(OC2=CCC=C(C(=O)NCCN3CCCCC3)C=C2NC(=O)Oc2ccccc2)cc1C. The Labute approximate surface area is 218 Å². The van der Waals surface area contributed by atoms with E-state index in [1.807, 2.05) is 50.3 Å². The number of nitrogens with one attached hydrogen (secondary N) is 2. The van der Waals surface area contributed by atoms with Crippen molar-refractivity contribution in [1.82, 2.24) is 15.5 Å².